The molecule has 0 saturated carbocycles. The Hall–Kier alpha value is -0.870. The Morgan fingerprint density at radius 2 is 2.22 bits per heavy atom. The summed E-state index contributed by atoms with van der Waals surface area (Å²) >= 11 is 0. The number of fused-ring (bicyclic) bond motifs is 1. The zero-order valence-corrected chi connectivity index (χ0v) is 11.5. The van der Waals surface area contributed by atoms with Crippen LogP contribution >= 0.6 is 0 Å². The molecule has 2 unspecified atom stereocenters. The molecule has 1 aromatic heterocycles. The van der Waals surface area contributed by atoms with Gasteiger partial charge in [-0.3, -0.25) is 9.58 Å². The van der Waals surface area contributed by atoms with Crippen LogP contribution < -0.4 is 5.32 Å². The smallest absolute Gasteiger partial charge is 0.0597 e. The molecule has 1 N–H and O–H groups in total. The lowest BCUT2D eigenvalue weighted by Crippen LogP contribution is -2.44. The van der Waals surface area contributed by atoms with Crippen molar-refractivity contribution < 1.29 is 0 Å². The van der Waals surface area contributed by atoms with Crippen LogP contribution in [0.5, 0.6) is 0 Å². The number of hydrogen-bond acceptors (Lipinski definition) is 3. The fourth-order valence-electron chi connectivity index (χ4n) is 3.55. The number of piperidine rings is 1. The molecule has 18 heavy (non-hydrogen) atoms. The van der Waals surface area contributed by atoms with Crippen LogP contribution in [0.3, 0.4) is 0 Å². The first-order valence-corrected chi connectivity index (χ1v) is 7.21. The van der Waals surface area contributed by atoms with E-state index in [1.54, 1.807) is 0 Å². The van der Waals surface area contributed by atoms with E-state index in [0.29, 0.717) is 6.04 Å². The first-order chi connectivity index (χ1) is 8.74. The number of hydrogen-bond donors (Lipinski definition) is 1. The van der Waals surface area contributed by atoms with E-state index in [1.807, 2.05) is 11.7 Å². The molecule has 2 atom stereocenters. The maximum atomic E-state index is 4.40. The highest BCUT2D eigenvalue weighted by Crippen LogP contribution is 2.27. The molecule has 0 amide bonds. The minimum Gasteiger partial charge on any atom is -0.307 e. The Morgan fingerprint density at radius 1 is 1.33 bits per heavy atom. The predicted molar refractivity (Wildman–Crippen MR) is 72.4 cm³/mol. The summed E-state index contributed by atoms with van der Waals surface area (Å²) in [5.41, 5.74) is 2.40. The van der Waals surface area contributed by atoms with Crippen molar-refractivity contribution in [1.82, 2.24) is 20.0 Å². The second-order valence-corrected chi connectivity index (χ2v) is 5.78. The largest absolute Gasteiger partial charge is 0.307 e. The Kier molecular flexibility index (Phi) is 3.39. The number of aryl methyl sites for hydroxylation is 2. The van der Waals surface area contributed by atoms with E-state index >= 15 is 0 Å². The van der Waals surface area contributed by atoms with Gasteiger partial charge in [0.15, 0.2) is 0 Å². The quantitative estimate of drug-likeness (QED) is 0.879. The highest BCUT2D eigenvalue weighted by molar-refractivity contribution is 5.09. The Balaban J connectivity index is 1.58. The molecule has 0 bridgehead atoms. The SMILES string of the molecule is Cc1cc(CNC2CCN3CCCCC23)n(C)n1. The van der Waals surface area contributed by atoms with E-state index in [0.717, 1.165) is 18.3 Å². The molecular formula is C14H24N4. The normalized spacial score (nSPS) is 28.6. The highest BCUT2D eigenvalue weighted by Gasteiger charge is 2.34. The Morgan fingerprint density at radius 3 is 3.00 bits per heavy atom. The van der Waals surface area contributed by atoms with Crippen molar-refractivity contribution in [3.8, 4) is 0 Å². The first kappa shape index (κ1) is 12.2. The molecule has 1 aromatic rings. The van der Waals surface area contributed by atoms with Gasteiger partial charge in [0.25, 0.3) is 0 Å². The molecule has 2 saturated heterocycles. The molecule has 0 aliphatic carbocycles. The summed E-state index contributed by atoms with van der Waals surface area (Å²) in [7, 11) is 2.03. The summed E-state index contributed by atoms with van der Waals surface area (Å²) in [4.78, 5) is 2.68. The number of rotatable bonds is 3. The topological polar surface area (TPSA) is 33.1 Å². The van der Waals surface area contributed by atoms with Crippen LogP contribution in [0.15, 0.2) is 6.07 Å². The molecule has 2 aliphatic heterocycles. The van der Waals surface area contributed by atoms with Crippen LogP contribution in [-0.2, 0) is 13.6 Å². The lowest BCUT2D eigenvalue weighted by atomic mass is 9.99. The number of nitrogens with zero attached hydrogens (tertiary/aromatic N) is 3. The second-order valence-electron chi connectivity index (χ2n) is 5.78. The maximum absolute atomic E-state index is 4.40. The van der Waals surface area contributed by atoms with Gasteiger partial charge < -0.3 is 5.32 Å². The molecule has 0 aromatic carbocycles. The van der Waals surface area contributed by atoms with Gasteiger partial charge in [0.05, 0.1) is 11.4 Å². The molecule has 4 heteroatoms. The van der Waals surface area contributed by atoms with Gasteiger partial charge in [-0.2, -0.15) is 5.10 Å². The zero-order chi connectivity index (χ0) is 12.5. The van der Waals surface area contributed by atoms with Crippen LogP contribution in [-0.4, -0.2) is 39.9 Å². The van der Waals surface area contributed by atoms with Gasteiger partial charge in [-0.05, 0) is 38.8 Å². The molecule has 0 radical (unpaired) electrons. The summed E-state index contributed by atoms with van der Waals surface area (Å²) in [5.74, 6) is 0. The van der Waals surface area contributed by atoms with Gasteiger partial charge in [0, 0.05) is 32.2 Å². The average molecular weight is 248 g/mol. The standard InChI is InChI=1S/C14H24N4/c1-11-9-12(17(2)16-11)10-15-13-6-8-18-7-4-3-5-14(13)18/h9,13-15H,3-8,10H2,1-2H3. The van der Waals surface area contributed by atoms with E-state index in [4.69, 9.17) is 0 Å². The Bertz CT molecular complexity index is 412. The fourth-order valence-corrected chi connectivity index (χ4v) is 3.55. The fraction of sp³-hybridized carbons (Fsp3) is 0.786. The molecular weight excluding hydrogens is 224 g/mol. The number of aromatic nitrogens is 2. The van der Waals surface area contributed by atoms with Crippen molar-refractivity contribution in [1.29, 1.82) is 0 Å². The van der Waals surface area contributed by atoms with E-state index in [2.05, 4.69) is 28.3 Å². The maximum Gasteiger partial charge on any atom is 0.0597 e. The lowest BCUT2D eigenvalue weighted by Gasteiger charge is -2.32. The van der Waals surface area contributed by atoms with Crippen LogP contribution in [0.2, 0.25) is 0 Å². The second kappa shape index (κ2) is 5.02. The third kappa shape index (κ3) is 2.31. The summed E-state index contributed by atoms with van der Waals surface area (Å²) in [6, 6.07) is 3.65. The van der Waals surface area contributed by atoms with Crippen molar-refractivity contribution in [3.05, 3.63) is 17.5 Å². The number of nitrogens with one attached hydrogen (secondary N) is 1. The van der Waals surface area contributed by atoms with Crippen LogP contribution in [0.1, 0.15) is 37.1 Å². The highest BCUT2D eigenvalue weighted by atomic mass is 15.3. The monoisotopic (exact) mass is 248 g/mol. The molecule has 4 nitrogen and oxygen atoms in total. The van der Waals surface area contributed by atoms with Gasteiger partial charge in [-0.1, -0.05) is 6.42 Å². The van der Waals surface area contributed by atoms with Gasteiger partial charge in [0.1, 0.15) is 0 Å². The Labute approximate surface area is 109 Å². The van der Waals surface area contributed by atoms with Crippen LogP contribution in [0.25, 0.3) is 0 Å². The van der Waals surface area contributed by atoms with Crippen LogP contribution in [0.4, 0.5) is 0 Å². The minimum absolute atomic E-state index is 0.681. The van der Waals surface area contributed by atoms with E-state index < -0.39 is 0 Å². The van der Waals surface area contributed by atoms with E-state index in [9.17, 15) is 0 Å². The van der Waals surface area contributed by atoms with Crippen molar-refractivity contribution >= 4 is 0 Å². The first-order valence-electron chi connectivity index (χ1n) is 7.21. The summed E-state index contributed by atoms with van der Waals surface area (Å²) < 4.78 is 2.00. The van der Waals surface area contributed by atoms with Crippen LogP contribution in [0, 0.1) is 6.92 Å². The summed E-state index contributed by atoms with van der Waals surface area (Å²) in [5, 5.41) is 8.15. The lowest BCUT2D eigenvalue weighted by molar-refractivity contribution is 0.180. The molecule has 2 fully saturated rings. The van der Waals surface area contributed by atoms with Crippen molar-refractivity contribution in [2.75, 3.05) is 13.1 Å². The third-order valence-electron chi connectivity index (χ3n) is 4.50. The van der Waals surface area contributed by atoms with E-state index in [-0.39, 0.29) is 0 Å². The minimum atomic E-state index is 0.681. The molecule has 100 valence electrons. The zero-order valence-electron chi connectivity index (χ0n) is 11.5. The average Bonchev–Trinajstić information content (AvgIpc) is 2.90. The molecule has 3 heterocycles. The molecule has 2 aliphatic rings. The van der Waals surface area contributed by atoms with E-state index in [1.165, 1.54) is 44.5 Å². The van der Waals surface area contributed by atoms with Crippen molar-refractivity contribution in [2.24, 2.45) is 7.05 Å². The van der Waals surface area contributed by atoms with Gasteiger partial charge in [0.2, 0.25) is 0 Å². The summed E-state index contributed by atoms with van der Waals surface area (Å²) in [6.07, 6.45) is 5.48. The van der Waals surface area contributed by atoms with Gasteiger partial charge in [-0.25, -0.2) is 0 Å². The van der Waals surface area contributed by atoms with Crippen molar-refractivity contribution in [2.45, 2.75) is 51.2 Å². The summed E-state index contributed by atoms with van der Waals surface area (Å²) in [6.45, 7) is 5.61. The predicted octanol–water partition coefficient (Wildman–Crippen LogP) is 1.44. The molecule has 3 rings (SSSR count). The van der Waals surface area contributed by atoms with Gasteiger partial charge >= 0.3 is 0 Å². The van der Waals surface area contributed by atoms with Crippen molar-refractivity contribution in [3.63, 3.8) is 0 Å². The third-order valence-corrected chi connectivity index (χ3v) is 4.50. The van der Waals surface area contributed by atoms with Gasteiger partial charge in [-0.15, -0.1) is 0 Å². The molecule has 0 spiro atoms.